The van der Waals surface area contributed by atoms with E-state index in [2.05, 4.69) is 10.3 Å². The minimum absolute atomic E-state index is 0.131. The number of nitrogens with zero attached hydrogens (tertiary/aromatic N) is 1. The number of carboxylic acids is 1. The molecule has 0 spiro atoms. The minimum Gasteiger partial charge on any atom is -0.481 e. The van der Waals surface area contributed by atoms with Crippen molar-refractivity contribution in [3.8, 4) is 5.88 Å². The molecular formula is C16H15ClN2O4. The largest absolute Gasteiger partial charge is 0.481 e. The molecule has 2 aromatic rings. The first kappa shape index (κ1) is 16.8. The molecule has 7 heteroatoms. The summed E-state index contributed by atoms with van der Waals surface area (Å²) in [6, 6.07) is 10.8. The number of ether oxygens (including phenoxy) is 1. The SMILES string of the molecule is COc1cccc(C(=O)N[C@@H](CC(=O)O)c2ccccc2Cl)n1. The number of hydrogen-bond acceptors (Lipinski definition) is 4. The van der Waals surface area contributed by atoms with Crippen molar-refractivity contribution in [2.24, 2.45) is 0 Å². The van der Waals surface area contributed by atoms with Gasteiger partial charge in [-0.15, -0.1) is 0 Å². The molecule has 2 rings (SSSR count). The van der Waals surface area contributed by atoms with E-state index in [9.17, 15) is 9.59 Å². The van der Waals surface area contributed by atoms with Crippen LogP contribution in [0.1, 0.15) is 28.5 Å². The van der Waals surface area contributed by atoms with Gasteiger partial charge in [0.1, 0.15) is 5.69 Å². The number of amides is 1. The quantitative estimate of drug-likeness (QED) is 0.848. The van der Waals surface area contributed by atoms with Gasteiger partial charge in [0.25, 0.3) is 5.91 Å². The molecule has 0 saturated heterocycles. The van der Waals surface area contributed by atoms with Crippen LogP contribution in [0.3, 0.4) is 0 Å². The van der Waals surface area contributed by atoms with Crippen molar-refractivity contribution < 1.29 is 19.4 Å². The van der Waals surface area contributed by atoms with Gasteiger partial charge >= 0.3 is 5.97 Å². The Bertz CT molecular complexity index is 721. The Morgan fingerprint density at radius 3 is 2.65 bits per heavy atom. The summed E-state index contributed by atoms with van der Waals surface area (Å²) in [5.74, 6) is -1.26. The molecule has 0 aliphatic heterocycles. The Morgan fingerprint density at radius 1 is 1.26 bits per heavy atom. The minimum atomic E-state index is -1.05. The third-order valence-corrected chi connectivity index (χ3v) is 3.47. The molecule has 0 radical (unpaired) electrons. The molecule has 0 bridgehead atoms. The first-order chi connectivity index (χ1) is 11.0. The molecule has 0 aliphatic carbocycles. The number of nitrogens with one attached hydrogen (secondary N) is 1. The van der Waals surface area contributed by atoms with Crippen molar-refractivity contribution in [1.29, 1.82) is 0 Å². The summed E-state index contributed by atoms with van der Waals surface area (Å²) < 4.78 is 4.97. The lowest BCUT2D eigenvalue weighted by molar-refractivity contribution is -0.137. The molecule has 1 heterocycles. The van der Waals surface area contributed by atoms with Crippen LogP contribution in [-0.4, -0.2) is 29.1 Å². The van der Waals surface area contributed by atoms with Gasteiger partial charge in [-0.3, -0.25) is 9.59 Å². The van der Waals surface area contributed by atoms with Crippen LogP contribution in [0.25, 0.3) is 0 Å². The van der Waals surface area contributed by atoms with E-state index in [-0.39, 0.29) is 12.1 Å². The Balaban J connectivity index is 2.25. The highest BCUT2D eigenvalue weighted by atomic mass is 35.5. The lowest BCUT2D eigenvalue weighted by atomic mass is 10.0. The highest BCUT2D eigenvalue weighted by Gasteiger charge is 2.21. The number of aromatic nitrogens is 1. The van der Waals surface area contributed by atoms with Gasteiger partial charge in [0, 0.05) is 11.1 Å². The summed E-state index contributed by atoms with van der Waals surface area (Å²) in [4.78, 5) is 27.4. The standard InChI is InChI=1S/C16H15ClN2O4/c1-23-14-8-4-7-12(18-14)16(22)19-13(9-15(20)21)10-5-2-3-6-11(10)17/h2-8,13H,9H2,1H3,(H,19,22)(H,20,21)/t13-/m0/s1. The van der Waals surface area contributed by atoms with Crippen molar-refractivity contribution in [1.82, 2.24) is 10.3 Å². The van der Waals surface area contributed by atoms with E-state index in [0.29, 0.717) is 16.5 Å². The summed E-state index contributed by atoms with van der Waals surface area (Å²) in [6.07, 6.45) is -0.292. The second-order valence-electron chi connectivity index (χ2n) is 4.71. The third kappa shape index (κ3) is 4.43. The van der Waals surface area contributed by atoms with E-state index in [1.165, 1.54) is 13.2 Å². The third-order valence-electron chi connectivity index (χ3n) is 3.13. The maximum absolute atomic E-state index is 12.3. The van der Waals surface area contributed by atoms with Crippen molar-refractivity contribution in [2.75, 3.05) is 7.11 Å². The van der Waals surface area contributed by atoms with Crippen LogP contribution < -0.4 is 10.1 Å². The van der Waals surface area contributed by atoms with Crippen molar-refractivity contribution >= 4 is 23.5 Å². The number of carbonyl (C=O) groups excluding carboxylic acids is 1. The second kappa shape index (κ2) is 7.60. The van der Waals surface area contributed by atoms with E-state index < -0.39 is 17.9 Å². The molecule has 1 aromatic heterocycles. The summed E-state index contributed by atoms with van der Waals surface area (Å²) in [5, 5.41) is 12.1. The monoisotopic (exact) mass is 334 g/mol. The number of halogens is 1. The van der Waals surface area contributed by atoms with Crippen molar-refractivity contribution in [3.05, 3.63) is 58.7 Å². The van der Waals surface area contributed by atoms with Gasteiger partial charge in [-0.05, 0) is 17.7 Å². The van der Waals surface area contributed by atoms with Gasteiger partial charge in [0.15, 0.2) is 0 Å². The Labute approximate surface area is 138 Å². The maximum Gasteiger partial charge on any atom is 0.305 e. The van der Waals surface area contributed by atoms with Gasteiger partial charge in [0.05, 0.1) is 19.6 Å². The van der Waals surface area contributed by atoms with E-state index in [1.807, 2.05) is 0 Å². The number of benzene rings is 1. The van der Waals surface area contributed by atoms with Gasteiger partial charge in [-0.1, -0.05) is 35.9 Å². The summed E-state index contributed by atoms with van der Waals surface area (Å²) in [6.45, 7) is 0. The predicted molar refractivity (Wildman–Crippen MR) is 84.7 cm³/mol. The van der Waals surface area contributed by atoms with Gasteiger partial charge in [-0.25, -0.2) is 4.98 Å². The maximum atomic E-state index is 12.3. The molecule has 1 atom stereocenters. The number of methoxy groups -OCH3 is 1. The highest BCUT2D eigenvalue weighted by molar-refractivity contribution is 6.31. The van der Waals surface area contributed by atoms with Crippen LogP contribution in [0.15, 0.2) is 42.5 Å². The Kier molecular flexibility index (Phi) is 5.54. The van der Waals surface area contributed by atoms with Crippen LogP contribution in [0.4, 0.5) is 0 Å². The molecule has 1 aromatic carbocycles. The number of rotatable bonds is 6. The van der Waals surface area contributed by atoms with Crippen LogP contribution in [-0.2, 0) is 4.79 Å². The molecule has 0 saturated carbocycles. The van der Waals surface area contributed by atoms with Crippen LogP contribution in [0.5, 0.6) is 5.88 Å². The van der Waals surface area contributed by atoms with E-state index in [1.54, 1.807) is 36.4 Å². The summed E-state index contributed by atoms with van der Waals surface area (Å²) in [7, 11) is 1.45. The number of hydrogen-bond donors (Lipinski definition) is 2. The van der Waals surface area contributed by atoms with Gasteiger partial charge in [-0.2, -0.15) is 0 Å². The van der Waals surface area contributed by atoms with Crippen LogP contribution >= 0.6 is 11.6 Å². The highest BCUT2D eigenvalue weighted by Crippen LogP contribution is 2.25. The van der Waals surface area contributed by atoms with Gasteiger partial charge < -0.3 is 15.2 Å². The normalized spacial score (nSPS) is 11.6. The fourth-order valence-electron chi connectivity index (χ4n) is 2.06. The molecule has 23 heavy (non-hydrogen) atoms. The fourth-order valence-corrected chi connectivity index (χ4v) is 2.33. The number of aliphatic carboxylic acids is 1. The van der Waals surface area contributed by atoms with Crippen molar-refractivity contribution in [2.45, 2.75) is 12.5 Å². The predicted octanol–water partition coefficient (Wildman–Crippen LogP) is 2.69. The average Bonchev–Trinajstić information content (AvgIpc) is 2.54. The van der Waals surface area contributed by atoms with Crippen molar-refractivity contribution in [3.63, 3.8) is 0 Å². The molecule has 1 amide bonds. The van der Waals surface area contributed by atoms with Gasteiger partial charge in [0.2, 0.25) is 5.88 Å². The zero-order valence-corrected chi connectivity index (χ0v) is 13.1. The Morgan fingerprint density at radius 2 is 2.00 bits per heavy atom. The van der Waals surface area contributed by atoms with Crippen LogP contribution in [0.2, 0.25) is 5.02 Å². The van der Waals surface area contributed by atoms with E-state index >= 15 is 0 Å². The molecule has 0 unspecified atom stereocenters. The average molecular weight is 335 g/mol. The first-order valence-corrected chi connectivity index (χ1v) is 7.17. The lowest BCUT2D eigenvalue weighted by Crippen LogP contribution is -2.31. The number of carbonyl (C=O) groups is 2. The van der Waals surface area contributed by atoms with E-state index in [4.69, 9.17) is 21.4 Å². The number of pyridine rings is 1. The van der Waals surface area contributed by atoms with E-state index in [0.717, 1.165) is 0 Å². The smallest absolute Gasteiger partial charge is 0.305 e. The summed E-state index contributed by atoms with van der Waals surface area (Å²) >= 11 is 6.10. The second-order valence-corrected chi connectivity index (χ2v) is 5.12. The molecule has 120 valence electrons. The van der Waals surface area contributed by atoms with Crippen LogP contribution in [0, 0.1) is 0 Å². The Hall–Kier alpha value is -2.60. The fraction of sp³-hybridized carbons (Fsp3) is 0.188. The lowest BCUT2D eigenvalue weighted by Gasteiger charge is -2.18. The zero-order valence-electron chi connectivity index (χ0n) is 12.3. The molecule has 0 fully saturated rings. The molecule has 6 nitrogen and oxygen atoms in total. The molecular weight excluding hydrogens is 320 g/mol. The number of carboxylic acid groups (broad SMARTS) is 1. The first-order valence-electron chi connectivity index (χ1n) is 6.79. The molecule has 0 aliphatic rings. The topological polar surface area (TPSA) is 88.5 Å². The molecule has 2 N–H and O–H groups in total. The zero-order chi connectivity index (χ0) is 16.8. The summed E-state index contributed by atoms with van der Waals surface area (Å²) in [5.41, 5.74) is 0.666.